The summed E-state index contributed by atoms with van der Waals surface area (Å²) in [6.45, 7) is 7.40. The van der Waals surface area contributed by atoms with Gasteiger partial charge in [-0.05, 0) is 31.2 Å². The normalized spacial score (nSPS) is 15.4. The van der Waals surface area contributed by atoms with E-state index in [2.05, 4.69) is 24.8 Å². The first-order valence-corrected chi connectivity index (χ1v) is 9.26. The van der Waals surface area contributed by atoms with Crippen LogP contribution < -0.4 is 5.32 Å². The number of piperazine rings is 1. The zero-order valence-corrected chi connectivity index (χ0v) is 15.5. The Kier molecular flexibility index (Phi) is 5.06. The number of nitrogens with zero attached hydrogens (tertiary/aromatic N) is 5. The van der Waals surface area contributed by atoms with Crippen LogP contribution in [0.25, 0.3) is 11.2 Å². The summed E-state index contributed by atoms with van der Waals surface area (Å²) in [7, 11) is 0. The number of fused-ring (bicyclic) bond motifs is 1. The van der Waals surface area contributed by atoms with E-state index in [4.69, 9.17) is 4.42 Å². The predicted octanol–water partition coefficient (Wildman–Crippen LogP) is 1.86. The lowest BCUT2D eigenvalue weighted by atomic mass is 10.3. The van der Waals surface area contributed by atoms with Crippen LogP contribution in [0.1, 0.15) is 11.6 Å². The summed E-state index contributed by atoms with van der Waals surface area (Å²) in [5.74, 6) is 1.75. The summed E-state index contributed by atoms with van der Waals surface area (Å²) in [6, 6.07) is 7.54. The molecule has 0 radical (unpaired) electrons. The lowest BCUT2D eigenvalue weighted by Crippen LogP contribution is -2.52. The molecule has 0 unspecified atom stereocenters. The summed E-state index contributed by atoms with van der Waals surface area (Å²) >= 11 is 0. The number of imidazole rings is 1. The van der Waals surface area contributed by atoms with Gasteiger partial charge in [0.05, 0.1) is 12.8 Å². The standard InChI is InChI=1S/C19H24N6O2/c1-15-22-17-5-2-6-20-18(17)25(15)12-9-23-7-10-24(11-8-23)19(26)21-14-16-4-3-13-27-16/h2-6,13H,7-12,14H2,1H3,(H,21,26). The second kappa shape index (κ2) is 7.79. The van der Waals surface area contributed by atoms with Gasteiger partial charge in [0.1, 0.15) is 17.1 Å². The Bertz CT molecular complexity index is 896. The molecular formula is C19H24N6O2. The highest BCUT2D eigenvalue weighted by atomic mass is 16.3. The Morgan fingerprint density at radius 2 is 2.04 bits per heavy atom. The summed E-state index contributed by atoms with van der Waals surface area (Å²) in [5.41, 5.74) is 1.87. The van der Waals surface area contributed by atoms with Gasteiger partial charge in [-0.2, -0.15) is 0 Å². The Hall–Kier alpha value is -2.87. The molecule has 1 aliphatic heterocycles. The topological polar surface area (TPSA) is 79.4 Å². The molecule has 1 aliphatic rings. The fraction of sp³-hybridized carbons (Fsp3) is 0.421. The number of aromatic nitrogens is 3. The van der Waals surface area contributed by atoms with Gasteiger partial charge in [0.25, 0.3) is 0 Å². The Morgan fingerprint density at radius 3 is 2.81 bits per heavy atom. The molecule has 0 bridgehead atoms. The van der Waals surface area contributed by atoms with Crippen LogP contribution in [0.3, 0.4) is 0 Å². The average molecular weight is 368 g/mol. The highest BCUT2D eigenvalue weighted by Gasteiger charge is 2.21. The number of aryl methyl sites for hydroxylation is 1. The fourth-order valence-corrected chi connectivity index (χ4v) is 3.44. The molecule has 4 rings (SSSR count). The lowest BCUT2D eigenvalue weighted by molar-refractivity contribution is 0.136. The lowest BCUT2D eigenvalue weighted by Gasteiger charge is -2.34. The van der Waals surface area contributed by atoms with E-state index in [0.717, 1.165) is 62.0 Å². The van der Waals surface area contributed by atoms with Gasteiger partial charge in [-0.3, -0.25) is 4.90 Å². The molecule has 1 fully saturated rings. The van der Waals surface area contributed by atoms with E-state index in [-0.39, 0.29) is 6.03 Å². The van der Waals surface area contributed by atoms with E-state index < -0.39 is 0 Å². The molecule has 0 spiro atoms. The maximum absolute atomic E-state index is 12.3. The van der Waals surface area contributed by atoms with Gasteiger partial charge < -0.3 is 19.2 Å². The predicted molar refractivity (Wildman–Crippen MR) is 101 cm³/mol. The third-order valence-electron chi connectivity index (χ3n) is 4.99. The Labute approximate surface area is 157 Å². The molecule has 0 saturated carbocycles. The number of furan rings is 1. The Morgan fingerprint density at radius 1 is 1.19 bits per heavy atom. The van der Waals surface area contributed by atoms with Crippen molar-refractivity contribution in [2.45, 2.75) is 20.0 Å². The van der Waals surface area contributed by atoms with E-state index in [0.29, 0.717) is 6.54 Å². The number of hydrogen-bond donors (Lipinski definition) is 1. The largest absolute Gasteiger partial charge is 0.467 e. The minimum absolute atomic E-state index is 0.0355. The second-order valence-electron chi connectivity index (χ2n) is 6.72. The van der Waals surface area contributed by atoms with E-state index in [9.17, 15) is 4.79 Å². The van der Waals surface area contributed by atoms with Crippen molar-refractivity contribution in [1.82, 2.24) is 29.7 Å². The van der Waals surface area contributed by atoms with Crippen molar-refractivity contribution >= 4 is 17.2 Å². The highest BCUT2D eigenvalue weighted by Crippen LogP contribution is 2.13. The minimum Gasteiger partial charge on any atom is -0.467 e. The van der Waals surface area contributed by atoms with Crippen LogP contribution in [0.5, 0.6) is 0 Å². The van der Waals surface area contributed by atoms with Crippen LogP contribution in [-0.4, -0.2) is 63.1 Å². The third kappa shape index (κ3) is 3.95. The van der Waals surface area contributed by atoms with Crippen LogP contribution in [0.4, 0.5) is 4.79 Å². The van der Waals surface area contributed by atoms with Gasteiger partial charge in [0, 0.05) is 45.5 Å². The molecular weight excluding hydrogens is 344 g/mol. The van der Waals surface area contributed by atoms with Crippen molar-refractivity contribution in [2.75, 3.05) is 32.7 Å². The van der Waals surface area contributed by atoms with Gasteiger partial charge >= 0.3 is 6.03 Å². The highest BCUT2D eigenvalue weighted by molar-refractivity contribution is 5.74. The van der Waals surface area contributed by atoms with Gasteiger partial charge in [-0.1, -0.05) is 0 Å². The van der Waals surface area contributed by atoms with Crippen molar-refractivity contribution in [2.24, 2.45) is 0 Å². The number of amides is 2. The van der Waals surface area contributed by atoms with Crippen molar-refractivity contribution in [3.63, 3.8) is 0 Å². The molecule has 0 aliphatic carbocycles. The van der Waals surface area contributed by atoms with Crippen LogP contribution in [-0.2, 0) is 13.1 Å². The van der Waals surface area contributed by atoms with Crippen molar-refractivity contribution in [3.05, 3.63) is 48.3 Å². The minimum atomic E-state index is -0.0355. The first kappa shape index (κ1) is 17.5. The van der Waals surface area contributed by atoms with Crippen LogP contribution >= 0.6 is 0 Å². The molecule has 0 aromatic carbocycles. The Balaban J connectivity index is 1.25. The molecule has 2 amide bonds. The molecule has 3 aromatic rings. The first-order valence-electron chi connectivity index (χ1n) is 9.26. The van der Waals surface area contributed by atoms with Crippen LogP contribution in [0.15, 0.2) is 41.1 Å². The summed E-state index contributed by atoms with van der Waals surface area (Å²) in [6.07, 6.45) is 3.42. The van der Waals surface area contributed by atoms with Crippen molar-refractivity contribution in [1.29, 1.82) is 0 Å². The molecule has 4 heterocycles. The fourth-order valence-electron chi connectivity index (χ4n) is 3.44. The smallest absolute Gasteiger partial charge is 0.317 e. The van der Waals surface area contributed by atoms with E-state index in [1.54, 1.807) is 12.5 Å². The molecule has 8 heteroatoms. The van der Waals surface area contributed by atoms with E-state index in [1.807, 2.05) is 36.1 Å². The number of hydrogen-bond acceptors (Lipinski definition) is 5. The van der Waals surface area contributed by atoms with Gasteiger partial charge in [-0.25, -0.2) is 14.8 Å². The van der Waals surface area contributed by atoms with Gasteiger partial charge in [-0.15, -0.1) is 0 Å². The molecule has 0 atom stereocenters. The number of pyridine rings is 1. The number of nitrogens with one attached hydrogen (secondary N) is 1. The van der Waals surface area contributed by atoms with Crippen molar-refractivity contribution in [3.8, 4) is 0 Å². The molecule has 1 saturated heterocycles. The second-order valence-corrected chi connectivity index (χ2v) is 6.72. The van der Waals surface area contributed by atoms with Gasteiger partial charge in [0.2, 0.25) is 0 Å². The summed E-state index contributed by atoms with van der Waals surface area (Å²) in [5, 5.41) is 2.91. The average Bonchev–Trinajstić information content (AvgIpc) is 3.32. The number of rotatable bonds is 5. The molecule has 8 nitrogen and oxygen atoms in total. The summed E-state index contributed by atoms with van der Waals surface area (Å²) in [4.78, 5) is 25.5. The quantitative estimate of drug-likeness (QED) is 0.744. The third-order valence-corrected chi connectivity index (χ3v) is 4.99. The van der Waals surface area contributed by atoms with Crippen LogP contribution in [0, 0.1) is 6.92 Å². The maximum Gasteiger partial charge on any atom is 0.317 e. The van der Waals surface area contributed by atoms with Gasteiger partial charge in [0.15, 0.2) is 5.65 Å². The number of carbonyl (C=O) groups excluding carboxylic acids is 1. The molecule has 1 N–H and O–H groups in total. The zero-order chi connectivity index (χ0) is 18.6. The monoisotopic (exact) mass is 368 g/mol. The zero-order valence-electron chi connectivity index (χ0n) is 15.5. The number of urea groups is 1. The molecule has 27 heavy (non-hydrogen) atoms. The SMILES string of the molecule is Cc1nc2cccnc2n1CCN1CCN(C(=O)NCc2ccco2)CC1. The first-order chi connectivity index (χ1) is 13.2. The van der Waals surface area contributed by atoms with Crippen molar-refractivity contribution < 1.29 is 9.21 Å². The molecule has 142 valence electrons. The maximum atomic E-state index is 12.3. The van der Waals surface area contributed by atoms with E-state index in [1.165, 1.54) is 0 Å². The number of carbonyl (C=O) groups is 1. The summed E-state index contributed by atoms with van der Waals surface area (Å²) < 4.78 is 7.41. The van der Waals surface area contributed by atoms with Crippen LogP contribution in [0.2, 0.25) is 0 Å². The molecule has 3 aromatic heterocycles. The van der Waals surface area contributed by atoms with E-state index >= 15 is 0 Å².